The van der Waals surface area contributed by atoms with Gasteiger partial charge in [-0.05, 0) is 0 Å². The van der Waals surface area contributed by atoms with Gasteiger partial charge in [0.15, 0.2) is 0 Å². The van der Waals surface area contributed by atoms with Crippen molar-refractivity contribution < 1.29 is 23.7 Å². The fourth-order valence-electron chi connectivity index (χ4n) is 0.0714. The van der Waals surface area contributed by atoms with E-state index in [4.69, 9.17) is 0 Å². The van der Waals surface area contributed by atoms with E-state index in [1.165, 1.54) is 0 Å². The summed E-state index contributed by atoms with van der Waals surface area (Å²) in [5.74, 6) is 0. The maximum atomic E-state index is 10.7. The van der Waals surface area contributed by atoms with E-state index < -0.39 is 18.6 Å². The van der Waals surface area contributed by atoms with E-state index in [9.17, 15) is 17.6 Å². The van der Waals surface area contributed by atoms with Crippen molar-refractivity contribution in [3.63, 3.8) is 0 Å². The monoisotopic (exact) mass is 134 g/mol. The van der Waals surface area contributed by atoms with Crippen LogP contribution in [0.1, 0.15) is 1.43 Å². The minimum Gasteiger partial charge on any atom is -1.00 e. The molecule has 0 saturated carbocycles. The number of alkyl halides is 3. The summed E-state index contributed by atoms with van der Waals surface area (Å²) in [4.78, 5) is 0. The molecule has 0 aromatic carbocycles. The topological polar surface area (TPSA) is 0 Å². The molecule has 0 amide bonds. The Morgan fingerprint density at radius 2 is 1.62 bits per heavy atom. The van der Waals surface area contributed by atoms with Crippen LogP contribution < -0.4 is 4.70 Å². The molecule has 0 aliphatic carbocycles. The van der Waals surface area contributed by atoms with Crippen LogP contribution in [0.4, 0.5) is 17.6 Å². The van der Waals surface area contributed by atoms with Crippen LogP contribution in [0, 0.1) is 0 Å². The van der Waals surface area contributed by atoms with Crippen molar-refractivity contribution >= 4 is 0 Å². The molecule has 0 rings (SSSR count). The number of allylic oxidation sites excluding steroid dienone is 1. The fourth-order valence-corrected chi connectivity index (χ4v) is 0.0714. The second kappa shape index (κ2) is 3.40. The van der Waals surface area contributed by atoms with Crippen LogP contribution in [0.5, 0.6) is 0 Å². The summed E-state index contributed by atoms with van der Waals surface area (Å²) in [6, 6.07) is 0. The Balaban J connectivity index is -0.000000180. The van der Waals surface area contributed by atoms with Crippen LogP contribution >= 0.6 is 0 Å². The largest absolute Gasteiger partial charge is 1.00 e. The molecule has 5 heteroatoms. The molecule has 0 saturated heterocycles. The summed E-state index contributed by atoms with van der Waals surface area (Å²) in [5, 5.41) is 0. The normalized spacial score (nSPS) is 11.5. The molecule has 0 heterocycles. The Kier molecular flexibility index (Phi) is 4.41. The summed E-state index contributed by atoms with van der Waals surface area (Å²) in [6.45, 7) is 0. The predicted octanol–water partition coefficient (Wildman–Crippen LogP) is -0.852. The van der Waals surface area contributed by atoms with E-state index in [2.05, 4.69) is 0 Å². The first kappa shape index (κ1) is 10.4. The standard InChI is InChI=1S/C3H2F4.FH/c4-2-1-3(5,6)7;/h1-2H;1H/b2-1-;. The summed E-state index contributed by atoms with van der Waals surface area (Å²) < 4.78 is 42.8. The first-order valence-electron chi connectivity index (χ1n) is 1.41. The van der Waals surface area contributed by atoms with Gasteiger partial charge < -0.3 is 4.70 Å². The van der Waals surface area contributed by atoms with E-state index in [0.717, 1.165) is 0 Å². The zero-order valence-corrected chi connectivity index (χ0v) is 3.54. The van der Waals surface area contributed by atoms with Crippen LogP contribution in [0.15, 0.2) is 12.4 Å². The van der Waals surface area contributed by atoms with Gasteiger partial charge in [-0.1, -0.05) is 0 Å². The third-order valence-electron chi connectivity index (χ3n) is 0.252. The van der Waals surface area contributed by atoms with Gasteiger partial charge in [-0.3, -0.25) is 0 Å². The second-order valence-corrected chi connectivity index (χ2v) is 0.834. The Hall–Kier alpha value is -0.610. The van der Waals surface area contributed by atoms with Crippen molar-refractivity contribution in [2.45, 2.75) is 6.18 Å². The summed E-state index contributed by atoms with van der Waals surface area (Å²) >= 11 is 0. The van der Waals surface area contributed by atoms with Gasteiger partial charge in [-0.15, -0.1) is 0 Å². The second-order valence-electron chi connectivity index (χ2n) is 0.834. The minimum atomic E-state index is -4.51. The molecule has 0 aromatic heterocycles. The van der Waals surface area contributed by atoms with Gasteiger partial charge in [0.05, 0.1) is 6.33 Å². The summed E-state index contributed by atoms with van der Waals surface area (Å²) in [6.07, 6.45) is -5.53. The lowest BCUT2D eigenvalue weighted by Gasteiger charge is -1.92. The van der Waals surface area contributed by atoms with E-state index >= 15 is 0 Å². The molecular formula is C3H3F5. The van der Waals surface area contributed by atoms with Crippen LogP contribution in [0.25, 0.3) is 0 Å². The summed E-state index contributed by atoms with van der Waals surface area (Å²) in [5.41, 5.74) is 0. The van der Waals surface area contributed by atoms with Gasteiger partial charge in [0, 0.05) is 6.08 Å². The molecule has 0 fully saturated rings. The van der Waals surface area contributed by atoms with E-state index in [1.807, 2.05) is 0 Å². The van der Waals surface area contributed by atoms with Crippen LogP contribution in [-0.4, -0.2) is 6.18 Å². The molecule has 0 unspecified atom stereocenters. The molecule has 0 aliphatic heterocycles. The van der Waals surface area contributed by atoms with Gasteiger partial charge in [0.2, 0.25) is 0 Å². The van der Waals surface area contributed by atoms with E-state index in [0.29, 0.717) is 0 Å². The number of rotatable bonds is 0. The molecule has 0 N–H and O–H groups in total. The third kappa shape index (κ3) is 9.04. The number of hydrogen-bond donors (Lipinski definition) is 0. The van der Waals surface area contributed by atoms with Crippen molar-refractivity contribution in [1.29, 1.82) is 0 Å². The van der Waals surface area contributed by atoms with Crippen molar-refractivity contribution in [2.75, 3.05) is 0 Å². The van der Waals surface area contributed by atoms with E-state index in [-0.39, 0.29) is 6.13 Å². The van der Waals surface area contributed by atoms with Crippen molar-refractivity contribution in [3.05, 3.63) is 12.4 Å². The van der Waals surface area contributed by atoms with Crippen LogP contribution in [-0.2, 0) is 0 Å². The van der Waals surface area contributed by atoms with Crippen LogP contribution in [0.2, 0.25) is 0 Å². The van der Waals surface area contributed by atoms with Gasteiger partial charge in [0.1, 0.15) is 0 Å². The maximum absolute atomic E-state index is 10.7. The van der Waals surface area contributed by atoms with E-state index in [1.54, 1.807) is 0 Å². The smallest absolute Gasteiger partial charge is 1.00 e. The first-order chi connectivity index (χ1) is 3.06. The molecule has 0 radical (unpaired) electrons. The highest BCUT2D eigenvalue weighted by atomic mass is 19.4. The van der Waals surface area contributed by atoms with Gasteiger partial charge in [-0.2, -0.15) is 13.2 Å². The zero-order chi connectivity index (χ0) is 5.91. The molecule has 0 bridgehead atoms. The fraction of sp³-hybridized carbons (Fsp3) is 0.333. The van der Waals surface area contributed by atoms with Gasteiger partial charge in [0.25, 0.3) is 0 Å². The highest BCUT2D eigenvalue weighted by molar-refractivity contribution is 4.80. The molecule has 50 valence electrons. The highest BCUT2D eigenvalue weighted by Gasteiger charge is 2.21. The SMILES string of the molecule is F/C=C\C(F)(F)F.[F-].[H+]. The molecule has 8 heavy (non-hydrogen) atoms. The summed E-state index contributed by atoms with van der Waals surface area (Å²) in [7, 11) is 0. The quantitative estimate of drug-likeness (QED) is 0.378. The third-order valence-corrected chi connectivity index (χ3v) is 0.252. The Labute approximate surface area is 43.7 Å². The molecule has 0 atom stereocenters. The average Bonchev–Trinajstić information content (AvgIpc) is 1.30. The van der Waals surface area contributed by atoms with Gasteiger partial charge in [-0.25, -0.2) is 4.39 Å². The van der Waals surface area contributed by atoms with Crippen molar-refractivity contribution in [1.82, 2.24) is 0 Å². The predicted molar refractivity (Wildman–Crippen MR) is 17.4 cm³/mol. The zero-order valence-electron chi connectivity index (χ0n) is 4.54. The first-order valence-corrected chi connectivity index (χ1v) is 1.41. The Morgan fingerprint density at radius 1 is 1.25 bits per heavy atom. The Morgan fingerprint density at radius 3 is 1.62 bits per heavy atom. The lowest BCUT2D eigenvalue weighted by atomic mass is 10.6. The molecular weight excluding hydrogens is 131 g/mol. The maximum Gasteiger partial charge on any atom is 1.00 e. The Bertz CT molecular complexity index is 74.8. The van der Waals surface area contributed by atoms with Crippen molar-refractivity contribution in [3.8, 4) is 0 Å². The minimum absolute atomic E-state index is 0. The van der Waals surface area contributed by atoms with Crippen LogP contribution in [0.3, 0.4) is 0 Å². The molecule has 0 aromatic rings. The molecule has 0 spiro atoms. The highest BCUT2D eigenvalue weighted by Crippen LogP contribution is 2.15. The molecule has 0 aliphatic rings. The average molecular weight is 134 g/mol. The molecule has 0 nitrogen and oxygen atoms in total. The number of hydrogen-bond acceptors (Lipinski definition) is 0. The van der Waals surface area contributed by atoms with Crippen molar-refractivity contribution in [2.24, 2.45) is 0 Å². The number of halogens is 5. The lowest BCUT2D eigenvalue weighted by molar-refractivity contribution is -0.0805. The lowest BCUT2D eigenvalue weighted by Crippen LogP contribution is -3.00. The van der Waals surface area contributed by atoms with Gasteiger partial charge >= 0.3 is 7.60 Å².